The number of ether oxygens (including phenoxy) is 1. The molecule has 4 rings (SSSR count). The Morgan fingerprint density at radius 1 is 1.06 bits per heavy atom. The first-order chi connectivity index (χ1) is 16.8. The number of hydrogen-bond donors (Lipinski definition) is 0. The third-order valence-electron chi connectivity index (χ3n) is 5.06. The van der Waals surface area contributed by atoms with Crippen LogP contribution in [0, 0.1) is 10.1 Å². The second-order valence-corrected chi connectivity index (χ2v) is 10.2. The molecule has 0 aliphatic carbocycles. The summed E-state index contributed by atoms with van der Waals surface area (Å²) in [5, 5.41) is 16.5. The van der Waals surface area contributed by atoms with E-state index in [-0.39, 0.29) is 23.6 Å². The van der Waals surface area contributed by atoms with E-state index in [0.29, 0.717) is 33.2 Å². The lowest BCUT2D eigenvalue weighted by molar-refractivity contribution is -0.386. The predicted octanol–water partition coefficient (Wildman–Crippen LogP) is 6.62. The molecule has 0 saturated carbocycles. The standard InChI is InChI=1S/C24H17Br3N4O4/c1-2-22-29-20-8-7-17(26)10-19(20)24(32)30(22)28-12-15-9-18(27)11-21(31(33)34)23(15)35-13-14-3-5-16(25)6-4-14/h3-12H,2,13H2,1H3. The molecule has 178 valence electrons. The van der Waals surface area contributed by atoms with Gasteiger partial charge in [-0.2, -0.15) is 9.78 Å². The Bertz CT molecular complexity index is 1520. The maximum Gasteiger partial charge on any atom is 0.312 e. The van der Waals surface area contributed by atoms with Crippen LogP contribution in [-0.4, -0.2) is 20.8 Å². The molecule has 35 heavy (non-hydrogen) atoms. The van der Waals surface area contributed by atoms with Crippen LogP contribution >= 0.6 is 47.8 Å². The molecule has 8 nitrogen and oxygen atoms in total. The second kappa shape index (κ2) is 10.8. The van der Waals surface area contributed by atoms with Gasteiger partial charge in [0, 0.05) is 31.5 Å². The van der Waals surface area contributed by atoms with Crippen molar-refractivity contribution in [1.82, 2.24) is 9.66 Å². The predicted molar refractivity (Wildman–Crippen MR) is 145 cm³/mol. The van der Waals surface area contributed by atoms with E-state index in [1.807, 2.05) is 37.3 Å². The smallest absolute Gasteiger partial charge is 0.312 e. The molecular formula is C24H17Br3N4O4. The number of benzene rings is 3. The maximum absolute atomic E-state index is 13.2. The monoisotopic (exact) mass is 662 g/mol. The number of rotatable bonds is 7. The van der Waals surface area contributed by atoms with Crippen molar-refractivity contribution in [3.63, 3.8) is 0 Å². The van der Waals surface area contributed by atoms with E-state index >= 15 is 0 Å². The van der Waals surface area contributed by atoms with Crippen LogP contribution in [0.5, 0.6) is 5.75 Å². The van der Waals surface area contributed by atoms with Crippen molar-refractivity contribution in [2.45, 2.75) is 20.0 Å². The van der Waals surface area contributed by atoms with Gasteiger partial charge in [-0.25, -0.2) is 4.98 Å². The molecule has 1 aromatic heterocycles. The van der Waals surface area contributed by atoms with Gasteiger partial charge in [-0.05, 0) is 42.0 Å². The Morgan fingerprint density at radius 2 is 1.77 bits per heavy atom. The Hall–Kier alpha value is -2.89. The average Bonchev–Trinajstić information content (AvgIpc) is 2.83. The molecule has 0 atom stereocenters. The minimum absolute atomic E-state index is 0.0486. The number of nitro benzene ring substituents is 1. The van der Waals surface area contributed by atoms with Gasteiger partial charge in [0.1, 0.15) is 12.4 Å². The number of halogens is 3. The minimum Gasteiger partial charge on any atom is -0.481 e. The Kier molecular flexibility index (Phi) is 7.78. The van der Waals surface area contributed by atoms with Crippen LogP contribution < -0.4 is 10.3 Å². The van der Waals surface area contributed by atoms with Gasteiger partial charge in [-0.15, -0.1) is 0 Å². The molecule has 0 amide bonds. The van der Waals surface area contributed by atoms with E-state index in [4.69, 9.17) is 4.74 Å². The molecular weight excluding hydrogens is 648 g/mol. The van der Waals surface area contributed by atoms with Crippen LogP contribution in [0.1, 0.15) is 23.9 Å². The SMILES string of the molecule is CCc1nc2ccc(Br)cc2c(=O)n1N=Cc1cc(Br)cc([N+](=O)[O-])c1OCc1ccc(Br)cc1. The highest BCUT2D eigenvalue weighted by Crippen LogP contribution is 2.34. The van der Waals surface area contributed by atoms with Gasteiger partial charge >= 0.3 is 5.69 Å². The van der Waals surface area contributed by atoms with E-state index in [0.717, 1.165) is 14.5 Å². The molecule has 0 bridgehead atoms. The first-order valence-corrected chi connectivity index (χ1v) is 12.8. The van der Waals surface area contributed by atoms with Crippen molar-refractivity contribution in [3.8, 4) is 5.75 Å². The Balaban J connectivity index is 1.79. The summed E-state index contributed by atoms with van der Waals surface area (Å²) in [7, 11) is 0. The lowest BCUT2D eigenvalue weighted by Gasteiger charge is -2.11. The normalized spacial score (nSPS) is 11.3. The highest BCUT2D eigenvalue weighted by atomic mass is 79.9. The second-order valence-electron chi connectivity index (χ2n) is 7.42. The number of nitrogens with zero attached hydrogens (tertiary/aromatic N) is 4. The van der Waals surface area contributed by atoms with Crippen LogP contribution in [0.2, 0.25) is 0 Å². The Morgan fingerprint density at radius 3 is 2.46 bits per heavy atom. The van der Waals surface area contributed by atoms with Gasteiger partial charge in [0.15, 0.2) is 0 Å². The van der Waals surface area contributed by atoms with Crippen LogP contribution in [0.4, 0.5) is 5.69 Å². The third kappa shape index (κ3) is 5.68. The molecule has 0 aliphatic rings. The summed E-state index contributed by atoms with van der Waals surface area (Å²) in [4.78, 5) is 29.0. The zero-order chi connectivity index (χ0) is 25.1. The molecule has 0 fully saturated rings. The van der Waals surface area contributed by atoms with Crippen molar-refractivity contribution in [2.24, 2.45) is 5.10 Å². The van der Waals surface area contributed by atoms with Crippen LogP contribution in [0.3, 0.4) is 0 Å². The topological polar surface area (TPSA) is 99.6 Å². The third-order valence-corrected chi connectivity index (χ3v) is 6.54. The summed E-state index contributed by atoms with van der Waals surface area (Å²) in [6.45, 7) is 1.98. The molecule has 0 saturated heterocycles. The first kappa shape index (κ1) is 25.2. The number of aryl methyl sites for hydroxylation is 1. The summed E-state index contributed by atoms with van der Waals surface area (Å²) in [6.07, 6.45) is 1.84. The quantitative estimate of drug-likeness (QED) is 0.126. The van der Waals surface area contributed by atoms with Crippen molar-refractivity contribution < 1.29 is 9.66 Å². The van der Waals surface area contributed by atoms with Gasteiger partial charge in [-0.3, -0.25) is 14.9 Å². The molecule has 1 heterocycles. The van der Waals surface area contributed by atoms with Crippen LogP contribution in [0.25, 0.3) is 10.9 Å². The fraction of sp³-hybridized carbons (Fsp3) is 0.125. The van der Waals surface area contributed by atoms with Gasteiger partial charge in [0.05, 0.1) is 22.0 Å². The van der Waals surface area contributed by atoms with E-state index in [1.54, 1.807) is 18.2 Å². The highest BCUT2D eigenvalue weighted by molar-refractivity contribution is 9.11. The van der Waals surface area contributed by atoms with E-state index in [9.17, 15) is 14.9 Å². The number of fused-ring (bicyclic) bond motifs is 1. The molecule has 0 unspecified atom stereocenters. The summed E-state index contributed by atoms with van der Waals surface area (Å²) >= 11 is 10.1. The minimum atomic E-state index is -0.516. The first-order valence-electron chi connectivity index (χ1n) is 10.4. The maximum atomic E-state index is 13.2. The van der Waals surface area contributed by atoms with Gasteiger partial charge < -0.3 is 4.74 Å². The van der Waals surface area contributed by atoms with E-state index in [1.165, 1.54) is 17.0 Å². The van der Waals surface area contributed by atoms with Gasteiger partial charge in [-0.1, -0.05) is 66.8 Å². The number of hydrogen-bond acceptors (Lipinski definition) is 6. The molecule has 0 N–H and O–H groups in total. The molecule has 4 aromatic rings. The van der Waals surface area contributed by atoms with E-state index < -0.39 is 4.92 Å². The number of aromatic nitrogens is 2. The average molecular weight is 665 g/mol. The van der Waals surface area contributed by atoms with Gasteiger partial charge in [0.25, 0.3) is 5.56 Å². The summed E-state index contributed by atoms with van der Waals surface area (Å²) in [6, 6.07) is 15.7. The Labute approximate surface area is 225 Å². The zero-order valence-electron chi connectivity index (χ0n) is 18.2. The highest BCUT2D eigenvalue weighted by Gasteiger charge is 2.21. The van der Waals surface area contributed by atoms with Crippen LogP contribution in [0.15, 0.2) is 77.9 Å². The van der Waals surface area contributed by atoms with Gasteiger partial charge in [0.2, 0.25) is 5.75 Å². The fourth-order valence-corrected chi connectivity index (χ4v) is 4.48. The van der Waals surface area contributed by atoms with Crippen molar-refractivity contribution in [1.29, 1.82) is 0 Å². The van der Waals surface area contributed by atoms with Crippen molar-refractivity contribution in [3.05, 3.63) is 105 Å². The molecule has 3 aromatic carbocycles. The largest absolute Gasteiger partial charge is 0.481 e. The van der Waals surface area contributed by atoms with Crippen molar-refractivity contribution >= 4 is 70.6 Å². The molecule has 0 spiro atoms. The molecule has 0 aliphatic heterocycles. The van der Waals surface area contributed by atoms with Crippen LogP contribution in [-0.2, 0) is 13.0 Å². The summed E-state index contributed by atoms with van der Waals surface area (Å²) < 4.78 is 9.24. The lowest BCUT2D eigenvalue weighted by Crippen LogP contribution is -2.22. The summed E-state index contributed by atoms with van der Waals surface area (Å²) in [5.41, 5.74) is 1.18. The zero-order valence-corrected chi connectivity index (χ0v) is 23.0. The number of nitro groups is 1. The lowest BCUT2D eigenvalue weighted by atomic mass is 10.2. The summed E-state index contributed by atoms with van der Waals surface area (Å²) in [5.74, 6) is 0.510. The fourth-order valence-electron chi connectivity index (χ4n) is 3.39. The molecule has 0 radical (unpaired) electrons. The molecule has 11 heteroatoms. The van der Waals surface area contributed by atoms with Crippen molar-refractivity contribution in [2.75, 3.05) is 0 Å². The van der Waals surface area contributed by atoms with E-state index in [2.05, 4.69) is 57.9 Å².